The predicted molar refractivity (Wildman–Crippen MR) is 111 cm³/mol. The summed E-state index contributed by atoms with van der Waals surface area (Å²) < 4.78 is 10.2. The van der Waals surface area contributed by atoms with Crippen molar-refractivity contribution in [3.05, 3.63) is 64.7 Å². The van der Waals surface area contributed by atoms with E-state index in [1.54, 1.807) is 0 Å². The molecular weight excluding hydrogens is 384 g/mol. The van der Waals surface area contributed by atoms with Crippen LogP contribution >= 0.6 is 0 Å². The van der Waals surface area contributed by atoms with Crippen LogP contribution in [0, 0.1) is 0 Å². The van der Waals surface area contributed by atoms with E-state index in [1.807, 2.05) is 13.0 Å². The number of fused-ring (bicyclic) bond motifs is 1. The van der Waals surface area contributed by atoms with Crippen LogP contribution in [0.4, 0.5) is 0 Å². The minimum absolute atomic E-state index is 0.176. The van der Waals surface area contributed by atoms with Gasteiger partial charge in [0.1, 0.15) is 5.75 Å². The first-order valence-corrected chi connectivity index (χ1v) is 10.0. The van der Waals surface area contributed by atoms with Crippen molar-refractivity contribution in [2.45, 2.75) is 38.6 Å². The number of carbonyl (C=O) groups is 3. The summed E-state index contributed by atoms with van der Waals surface area (Å²) in [5.41, 5.74) is 9.08. The summed E-state index contributed by atoms with van der Waals surface area (Å²) in [7, 11) is 0. The van der Waals surface area contributed by atoms with Gasteiger partial charge in [-0.15, -0.1) is 0 Å². The molecule has 0 radical (unpaired) electrons. The molecule has 0 saturated carbocycles. The van der Waals surface area contributed by atoms with Gasteiger partial charge in [-0.2, -0.15) is 0 Å². The van der Waals surface area contributed by atoms with Crippen molar-refractivity contribution >= 4 is 17.8 Å². The van der Waals surface area contributed by atoms with E-state index >= 15 is 0 Å². The van der Waals surface area contributed by atoms with Crippen molar-refractivity contribution in [2.24, 2.45) is 5.73 Å². The lowest BCUT2D eigenvalue weighted by Gasteiger charge is -2.20. The average molecular weight is 410 g/mol. The van der Waals surface area contributed by atoms with Gasteiger partial charge >= 0.3 is 5.97 Å². The predicted octanol–water partition coefficient (Wildman–Crippen LogP) is 2.46. The van der Waals surface area contributed by atoms with Crippen LogP contribution in [0.3, 0.4) is 0 Å². The Morgan fingerprint density at radius 1 is 1.00 bits per heavy atom. The van der Waals surface area contributed by atoms with Gasteiger partial charge in [-0.25, -0.2) is 4.79 Å². The summed E-state index contributed by atoms with van der Waals surface area (Å²) in [5, 5.41) is 2.87. The van der Waals surface area contributed by atoms with Crippen molar-refractivity contribution in [1.82, 2.24) is 5.32 Å². The molecule has 7 heteroatoms. The second kappa shape index (κ2) is 9.91. The van der Waals surface area contributed by atoms with Crippen LogP contribution in [-0.4, -0.2) is 31.0 Å². The molecule has 0 bridgehead atoms. The average Bonchev–Trinajstić information content (AvgIpc) is 2.76. The SMILES string of the molecule is C[C@H](NC(=O)COC(=O)c1ccc(OCC(N)=O)cc1)c1ccc2c(c1)CCCC2. The highest BCUT2D eigenvalue weighted by molar-refractivity contribution is 5.91. The van der Waals surface area contributed by atoms with Crippen molar-refractivity contribution < 1.29 is 23.9 Å². The van der Waals surface area contributed by atoms with Gasteiger partial charge in [0.25, 0.3) is 11.8 Å². The summed E-state index contributed by atoms with van der Waals surface area (Å²) in [6.07, 6.45) is 4.62. The van der Waals surface area contributed by atoms with Crippen molar-refractivity contribution in [3.8, 4) is 5.75 Å². The fraction of sp³-hybridized carbons (Fsp3) is 0.348. The number of primary amides is 1. The molecule has 3 N–H and O–H groups in total. The Balaban J connectivity index is 1.48. The first-order chi connectivity index (χ1) is 14.4. The van der Waals surface area contributed by atoms with E-state index in [9.17, 15) is 14.4 Å². The van der Waals surface area contributed by atoms with Crippen LogP contribution in [0.25, 0.3) is 0 Å². The van der Waals surface area contributed by atoms with Gasteiger partial charge in [0.2, 0.25) is 0 Å². The number of ether oxygens (including phenoxy) is 2. The molecule has 3 rings (SSSR count). The lowest BCUT2D eigenvalue weighted by Crippen LogP contribution is -2.31. The Bertz CT molecular complexity index is 924. The Morgan fingerprint density at radius 2 is 1.70 bits per heavy atom. The third-order valence-corrected chi connectivity index (χ3v) is 5.06. The molecular formula is C23H26N2O5. The Kier molecular flexibility index (Phi) is 7.06. The smallest absolute Gasteiger partial charge is 0.338 e. The van der Waals surface area contributed by atoms with Gasteiger partial charge in [0, 0.05) is 0 Å². The van der Waals surface area contributed by atoms with Crippen molar-refractivity contribution in [3.63, 3.8) is 0 Å². The largest absolute Gasteiger partial charge is 0.484 e. The number of aryl methyl sites for hydroxylation is 2. The molecule has 2 aromatic rings. The third kappa shape index (κ3) is 5.83. The molecule has 1 aliphatic rings. The number of hydrogen-bond donors (Lipinski definition) is 2. The highest BCUT2D eigenvalue weighted by Crippen LogP contribution is 2.24. The van der Waals surface area contributed by atoms with Crippen LogP contribution in [0.2, 0.25) is 0 Å². The van der Waals surface area contributed by atoms with Crippen LogP contribution in [-0.2, 0) is 27.2 Å². The highest BCUT2D eigenvalue weighted by atomic mass is 16.5. The monoisotopic (exact) mass is 410 g/mol. The number of nitrogens with two attached hydrogens (primary N) is 1. The molecule has 158 valence electrons. The lowest BCUT2D eigenvalue weighted by molar-refractivity contribution is -0.125. The fourth-order valence-corrected chi connectivity index (χ4v) is 3.45. The number of rotatable bonds is 8. The number of carbonyl (C=O) groups excluding carboxylic acids is 3. The molecule has 1 atom stereocenters. The lowest BCUT2D eigenvalue weighted by atomic mass is 9.89. The van der Waals surface area contributed by atoms with E-state index in [2.05, 4.69) is 17.4 Å². The van der Waals surface area contributed by atoms with Crippen molar-refractivity contribution in [2.75, 3.05) is 13.2 Å². The first kappa shape index (κ1) is 21.4. The molecule has 0 heterocycles. The Labute approximate surface area is 175 Å². The Hall–Kier alpha value is -3.35. The van der Waals surface area contributed by atoms with E-state index in [0.717, 1.165) is 18.4 Å². The minimum Gasteiger partial charge on any atom is -0.484 e. The first-order valence-electron chi connectivity index (χ1n) is 10.0. The second-order valence-corrected chi connectivity index (χ2v) is 7.38. The number of hydrogen-bond acceptors (Lipinski definition) is 5. The quantitative estimate of drug-likeness (QED) is 0.650. The maximum Gasteiger partial charge on any atom is 0.338 e. The zero-order valence-electron chi connectivity index (χ0n) is 17.0. The molecule has 0 unspecified atom stereocenters. The highest BCUT2D eigenvalue weighted by Gasteiger charge is 2.16. The fourth-order valence-electron chi connectivity index (χ4n) is 3.45. The normalized spacial score (nSPS) is 13.6. The molecule has 0 aliphatic heterocycles. The molecule has 7 nitrogen and oxygen atoms in total. The minimum atomic E-state index is -0.618. The maximum absolute atomic E-state index is 12.2. The van der Waals surface area contributed by atoms with E-state index in [-0.39, 0.29) is 30.7 Å². The van der Waals surface area contributed by atoms with Crippen LogP contribution in [0.1, 0.15) is 52.9 Å². The van der Waals surface area contributed by atoms with Crippen LogP contribution in [0.5, 0.6) is 5.75 Å². The van der Waals surface area contributed by atoms with E-state index in [4.69, 9.17) is 15.2 Å². The Morgan fingerprint density at radius 3 is 2.40 bits per heavy atom. The van der Waals surface area contributed by atoms with E-state index in [1.165, 1.54) is 48.2 Å². The van der Waals surface area contributed by atoms with Gasteiger partial charge in [-0.3, -0.25) is 9.59 Å². The van der Waals surface area contributed by atoms with E-state index in [0.29, 0.717) is 5.75 Å². The van der Waals surface area contributed by atoms with Gasteiger partial charge in [-0.05, 0) is 73.6 Å². The van der Waals surface area contributed by atoms with Gasteiger partial charge in [0.15, 0.2) is 13.2 Å². The van der Waals surface area contributed by atoms with Gasteiger partial charge in [-0.1, -0.05) is 18.2 Å². The van der Waals surface area contributed by atoms with Gasteiger partial charge in [0.05, 0.1) is 11.6 Å². The summed E-state index contributed by atoms with van der Waals surface area (Å²) in [6.45, 7) is 1.30. The van der Waals surface area contributed by atoms with Gasteiger partial charge < -0.3 is 20.5 Å². The molecule has 0 saturated heterocycles. The molecule has 1 aliphatic carbocycles. The zero-order valence-corrected chi connectivity index (χ0v) is 17.0. The number of amides is 2. The maximum atomic E-state index is 12.2. The summed E-state index contributed by atoms with van der Waals surface area (Å²) in [6, 6.07) is 12.2. The molecule has 0 spiro atoms. The molecule has 2 amide bonds. The summed E-state index contributed by atoms with van der Waals surface area (Å²) in [4.78, 5) is 35.0. The number of esters is 1. The molecule has 0 aromatic heterocycles. The molecule has 2 aromatic carbocycles. The number of nitrogens with one attached hydrogen (secondary N) is 1. The summed E-state index contributed by atoms with van der Waals surface area (Å²) in [5.74, 6) is -1.17. The topological polar surface area (TPSA) is 108 Å². The van der Waals surface area contributed by atoms with Crippen LogP contribution in [0.15, 0.2) is 42.5 Å². The standard InChI is InChI=1S/C23H26N2O5/c1-15(18-7-6-16-4-2-3-5-19(16)12-18)25-22(27)14-30-23(28)17-8-10-20(11-9-17)29-13-21(24)26/h6-12,15H,2-5,13-14H2,1H3,(H2,24,26)(H,25,27)/t15-/m0/s1. The number of benzene rings is 2. The molecule has 0 fully saturated rings. The van der Waals surface area contributed by atoms with Crippen molar-refractivity contribution in [1.29, 1.82) is 0 Å². The zero-order chi connectivity index (χ0) is 21.5. The summed E-state index contributed by atoms with van der Waals surface area (Å²) >= 11 is 0. The van der Waals surface area contributed by atoms with E-state index < -0.39 is 11.9 Å². The molecule has 30 heavy (non-hydrogen) atoms. The third-order valence-electron chi connectivity index (χ3n) is 5.06. The second-order valence-electron chi connectivity index (χ2n) is 7.38. The van der Waals surface area contributed by atoms with Crippen LogP contribution < -0.4 is 15.8 Å².